The van der Waals surface area contributed by atoms with Crippen LogP contribution in [0.25, 0.3) is 0 Å². The first kappa shape index (κ1) is 13.2. The minimum absolute atomic E-state index is 0.178. The average Bonchev–Trinajstić information content (AvgIpc) is 2.28. The third kappa shape index (κ3) is 3.57. The first-order valence-corrected chi connectivity index (χ1v) is 5.31. The summed E-state index contributed by atoms with van der Waals surface area (Å²) in [5, 5.41) is 11.4. The first-order chi connectivity index (χ1) is 7.91. The second-order valence-corrected chi connectivity index (χ2v) is 4.02. The number of anilines is 1. The molecule has 0 saturated heterocycles. The standard InChI is InChI=1S/C12H16N2O3/c1-7(8(2)13)11(15)14-10-5-3-9(4-6-10)12(16)17/h3-8H,13H2,1-2H3,(H,14,15)(H,16,17). The van der Waals surface area contributed by atoms with Crippen molar-refractivity contribution in [2.24, 2.45) is 11.7 Å². The van der Waals surface area contributed by atoms with Crippen LogP contribution in [0.15, 0.2) is 24.3 Å². The van der Waals surface area contributed by atoms with E-state index in [1.807, 2.05) is 0 Å². The van der Waals surface area contributed by atoms with Crippen LogP contribution in [-0.4, -0.2) is 23.0 Å². The van der Waals surface area contributed by atoms with Crippen molar-refractivity contribution in [3.63, 3.8) is 0 Å². The number of hydrogen-bond donors (Lipinski definition) is 3. The molecule has 4 N–H and O–H groups in total. The van der Waals surface area contributed by atoms with Gasteiger partial charge in [0.1, 0.15) is 0 Å². The van der Waals surface area contributed by atoms with Crippen LogP contribution in [0, 0.1) is 5.92 Å². The second kappa shape index (κ2) is 5.45. The van der Waals surface area contributed by atoms with Gasteiger partial charge in [-0.3, -0.25) is 4.79 Å². The van der Waals surface area contributed by atoms with Crippen LogP contribution in [0.4, 0.5) is 5.69 Å². The van der Waals surface area contributed by atoms with E-state index in [-0.39, 0.29) is 23.4 Å². The van der Waals surface area contributed by atoms with Gasteiger partial charge < -0.3 is 16.2 Å². The molecular formula is C12H16N2O3. The van der Waals surface area contributed by atoms with Gasteiger partial charge in [0.15, 0.2) is 0 Å². The van der Waals surface area contributed by atoms with Crippen LogP contribution in [0.2, 0.25) is 0 Å². The van der Waals surface area contributed by atoms with Crippen LogP contribution in [0.1, 0.15) is 24.2 Å². The summed E-state index contributed by atoms with van der Waals surface area (Å²) < 4.78 is 0. The number of amides is 1. The lowest BCUT2D eigenvalue weighted by Crippen LogP contribution is -2.34. The Morgan fingerprint density at radius 2 is 1.76 bits per heavy atom. The summed E-state index contributed by atoms with van der Waals surface area (Å²) in [5.74, 6) is -1.47. The number of hydrogen-bond acceptors (Lipinski definition) is 3. The Hall–Kier alpha value is -1.88. The number of carbonyl (C=O) groups excluding carboxylic acids is 1. The molecule has 2 unspecified atom stereocenters. The number of rotatable bonds is 4. The summed E-state index contributed by atoms with van der Waals surface area (Å²) in [5.41, 5.74) is 6.36. The minimum atomic E-state index is -0.994. The van der Waals surface area contributed by atoms with E-state index in [1.165, 1.54) is 12.1 Å². The van der Waals surface area contributed by atoms with E-state index in [1.54, 1.807) is 26.0 Å². The monoisotopic (exact) mass is 236 g/mol. The van der Waals surface area contributed by atoms with Gasteiger partial charge in [-0.25, -0.2) is 4.79 Å². The molecular weight excluding hydrogens is 220 g/mol. The maximum absolute atomic E-state index is 11.7. The largest absolute Gasteiger partial charge is 0.478 e. The fourth-order valence-electron chi connectivity index (χ4n) is 1.19. The van der Waals surface area contributed by atoms with E-state index < -0.39 is 5.97 Å². The van der Waals surface area contributed by atoms with Crippen molar-refractivity contribution in [2.75, 3.05) is 5.32 Å². The Balaban J connectivity index is 2.70. The lowest BCUT2D eigenvalue weighted by atomic mass is 10.0. The molecule has 1 aromatic rings. The highest BCUT2D eigenvalue weighted by atomic mass is 16.4. The Kier molecular flexibility index (Phi) is 4.23. The number of carboxylic acid groups (broad SMARTS) is 1. The molecule has 0 fully saturated rings. The molecule has 0 heterocycles. The Labute approximate surface area is 99.6 Å². The van der Waals surface area contributed by atoms with Crippen LogP contribution in [-0.2, 0) is 4.79 Å². The van der Waals surface area contributed by atoms with Crippen molar-refractivity contribution in [1.82, 2.24) is 0 Å². The third-order valence-electron chi connectivity index (χ3n) is 2.60. The topological polar surface area (TPSA) is 92.4 Å². The van der Waals surface area contributed by atoms with Crippen molar-refractivity contribution < 1.29 is 14.7 Å². The molecule has 0 aliphatic carbocycles. The van der Waals surface area contributed by atoms with Gasteiger partial charge in [-0.15, -0.1) is 0 Å². The molecule has 5 heteroatoms. The molecule has 92 valence electrons. The normalized spacial score (nSPS) is 13.8. The SMILES string of the molecule is CC(N)C(C)C(=O)Nc1ccc(C(=O)O)cc1. The maximum Gasteiger partial charge on any atom is 0.335 e. The van der Waals surface area contributed by atoms with Crippen molar-refractivity contribution in [3.05, 3.63) is 29.8 Å². The van der Waals surface area contributed by atoms with Gasteiger partial charge in [-0.05, 0) is 31.2 Å². The highest BCUT2D eigenvalue weighted by Gasteiger charge is 2.16. The Morgan fingerprint density at radius 1 is 1.24 bits per heavy atom. The van der Waals surface area contributed by atoms with Crippen LogP contribution < -0.4 is 11.1 Å². The van der Waals surface area contributed by atoms with Gasteiger partial charge in [-0.2, -0.15) is 0 Å². The Morgan fingerprint density at radius 3 is 2.18 bits per heavy atom. The average molecular weight is 236 g/mol. The van der Waals surface area contributed by atoms with E-state index in [9.17, 15) is 9.59 Å². The quantitative estimate of drug-likeness (QED) is 0.734. The number of benzene rings is 1. The zero-order valence-corrected chi connectivity index (χ0v) is 9.81. The van der Waals surface area contributed by atoms with Gasteiger partial charge in [0.25, 0.3) is 0 Å². The van der Waals surface area contributed by atoms with E-state index in [0.717, 1.165) is 0 Å². The van der Waals surface area contributed by atoms with E-state index >= 15 is 0 Å². The van der Waals surface area contributed by atoms with Crippen LogP contribution in [0.3, 0.4) is 0 Å². The number of nitrogens with one attached hydrogen (secondary N) is 1. The van der Waals surface area contributed by atoms with Crippen LogP contribution >= 0.6 is 0 Å². The van der Waals surface area contributed by atoms with Crippen LogP contribution in [0.5, 0.6) is 0 Å². The summed E-state index contributed by atoms with van der Waals surface area (Å²) in [7, 11) is 0. The fraction of sp³-hybridized carbons (Fsp3) is 0.333. The maximum atomic E-state index is 11.7. The molecule has 0 spiro atoms. The Bertz CT molecular complexity index is 412. The van der Waals surface area contributed by atoms with Gasteiger partial charge >= 0.3 is 5.97 Å². The summed E-state index contributed by atoms with van der Waals surface area (Å²) in [4.78, 5) is 22.3. The summed E-state index contributed by atoms with van der Waals surface area (Å²) >= 11 is 0. The lowest BCUT2D eigenvalue weighted by Gasteiger charge is -2.15. The molecule has 17 heavy (non-hydrogen) atoms. The highest BCUT2D eigenvalue weighted by molar-refractivity contribution is 5.93. The molecule has 0 aliphatic rings. The van der Waals surface area contributed by atoms with Gasteiger partial charge in [-0.1, -0.05) is 6.92 Å². The zero-order valence-electron chi connectivity index (χ0n) is 9.81. The number of carboxylic acids is 1. The number of aromatic carboxylic acids is 1. The van der Waals surface area contributed by atoms with Gasteiger partial charge in [0.2, 0.25) is 5.91 Å². The van der Waals surface area contributed by atoms with Crippen molar-refractivity contribution in [3.8, 4) is 0 Å². The number of nitrogens with two attached hydrogens (primary N) is 1. The van der Waals surface area contributed by atoms with E-state index in [0.29, 0.717) is 5.69 Å². The molecule has 5 nitrogen and oxygen atoms in total. The minimum Gasteiger partial charge on any atom is -0.478 e. The molecule has 0 saturated carbocycles. The summed E-state index contributed by atoms with van der Waals surface area (Å²) in [6.45, 7) is 3.50. The van der Waals surface area contributed by atoms with E-state index in [4.69, 9.17) is 10.8 Å². The smallest absolute Gasteiger partial charge is 0.335 e. The predicted octanol–water partition coefficient (Wildman–Crippen LogP) is 1.31. The predicted molar refractivity (Wildman–Crippen MR) is 64.8 cm³/mol. The summed E-state index contributed by atoms with van der Waals surface area (Å²) in [6, 6.07) is 5.75. The molecule has 0 aliphatic heterocycles. The molecule has 2 atom stereocenters. The molecule has 1 aromatic carbocycles. The van der Waals surface area contributed by atoms with Crippen molar-refractivity contribution >= 4 is 17.6 Å². The molecule has 0 bridgehead atoms. The van der Waals surface area contributed by atoms with Gasteiger partial charge in [0, 0.05) is 11.7 Å². The molecule has 1 rings (SSSR count). The van der Waals surface area contributed by atoms with Gasteiger partial charge in [0.05, 0.1) is 11.5 Å². The molecule has 1 amide bonds. The molecule has 0 aromatic heterocycles. The second-order valence-electron chi connectivity index (χ2n) is 4.02. The van der Waals surface area contributed by atoms with E-state index in [2.05, 4.69) is 5.32 Å². The highest BCUT2D eigenvalue weighted by Crippen LogP contribution is 2.11. The lowest BCUT2D eigenvalue weighted by molar-refractivity contribution is -0.119. The third-order valence-corrected chi connectivity index (χ3v) is 2.60. The fourth-order valence-corrected chi connectivity index (χ4v) is 1.19. The zero-order chi connectivity index (χ0) is 13.0. The van der Waals surface area contributed by atoms with Crippen molar-refractivity contribution in [2.45, 2.75) is 19.9 Å². The summed E-state index contributed by atoms with van der Waals surface area (Å²) in [6.07, 6.45) is 0. The van der Waals surface area contributed by atoms with Crippen molar-refractivity contribution in [1.29, 1.82) is 0 Å². The molecule has 0 radical (unpaired) electrons. The first-order valence-electron chi connectivity index (χ1n) is 5.31. The number of carbonyl (C=O) groups is 2.